The summed E-state index contributed by atoms with van der Waals surface area (Å²) in [4.78, 5) is 23.7. The Balaban J connectivity index is 2.37. The van der Waals surface area contributed by atoms with Gasteiger partial charge >= 0.3 is 5.97 Å². The molecule has 1 N–H and O–H groups in total. The summed E-state index contributed by atoms with van der Waals surface area (Å²) in [7, 11) is 0. The van der Waals surface area contributed by atoms with Crippen molar-refractivity contribution in [1.29, 1.82) is 0 Å². The van der Waals surface area contributed by atoms with Crippen molar-refractivity contribution in [3.63, 3.8) is 0 Å². The van der Waals surface area contributed by atoms with Gasteiger partial charge in [-0.25, -0.2) is 4.79 Å². The Hall–Kier alpha value is -1.55. The number of benzene rings is 1. The van der Waals surface area contributed by atoms with E-state index in [9.17, 15) is 14.7 Å². The lowest BCUT2D eigenvalue weighted by Crippen LogP contribution is -2.35. The number of carboxylic acids is 1. The molecule has 1 atom stereocenters. The summed E-state index contributed by atoms with van der Waals surface area (Å²) >= 11 is 5.98. The molecular formula is C12H12ClNO3. The largest absolute Gasteiger partial charge is 0.479 e. The van der Waals surface area contributed by atoms with Crippen molar-refractivity contribution < 1.29 is 14.7 Å². The zero-order chi connectivity index (χ0) is 12.4. The molecule has 2 rings (SSSR count). The molecule has 90 valence electrons. The van der Waals surface area contributed by atoms with Gasteiger partial charge in [0, 0.05) is 16.6 Å². The minimum absolute atomic E-state index is 0.0323. The second-order valence-corrected chi connectivity index (χ2v) is 4.45. The van der Waals surface area contributed by atoms with Crippen LogP contribution in [0.15, 0.2) is 24.3 Å². The van der Waals surface area contributed by atoms with Gasteiger partial charge < -0.3 is 10.0 Å². The van der Waals surface area contributed by atoms with Crippen LogP contribution in [0.1, 0.15) is 24.4 Å². The van der Waals surface area contributed by atoms with E-state index in [1.54, 1.807) is 24.3 Å². The highest BCUT2D eigenvalue weighted by Gasteiger charge is 2.38. The molecule has 0 saturated heterocycles. The fraction of sp³-hybridized carbons (Fsp3) is 0.333. The van der Waals surface area contributed by atoms with Crippen molar-refractivity contribution in [3.05, 3.63) is 34.9 Å². The number of halogens is 1. The van der Waals surface area contributed by atoms with E-state index in [4.69, 9.17) is 11.6 Å². The fourth-order valence-electron chi connectivity index (χ4n) is 1.85. The smallest absolute Gasteiger partial charge is 0.331 e. The average Bonchev–Trinajstić information content (AvgIpc) is 3.10. The highest BCUT2D eigenvalue weighted by molar-refractivity contribution is 6.31. The Labute approximate surface area is 104 Å². The molecule has 0 heterocycles. The van der Waals surface area contributed by atoms with Gasteiger partial charge in [-0.15, -0.1) is 0 Å². The molecule has 1 aromatic rings. The third-order valence-electron chi connectivity index (χ3n) is 2.82. The zero-order valence-electron chi connectivity index (χ0n) is 9.04. The van der Waals surface area contributed by atoms with Gasteiger partial charge in [0.15, 0.2) is 6.04 Å². The molecule has 17 heavy (non-hydrogen) atoms. The summed E-state index contributed by atoms with van der Waals surface area (Å²) < 4.78 is 0. The molecule has 0 aromatic heterocycles. The summed E-state index contributed by atoms with van der Waals surface area (Å²) in [5.41, 5.74) is 0.459. The highest BCUT2D eigenvalue weighted by atomic mass is 35.5. The van der Waals surface area contributed by atoms with Crippen LogP contribution in [0.2, 0.25) is 5.02 Å². The van der Waals surface area contributed by atoms with Crippen molar-refractivity contribution >= 4 is 24.0 Å². The van der Waals surface area contributed by atoms with Gasteiger partial charge in [0.2, 0.25) is 6.41 Å². The number of hydrogen-bond donors (Lipinski definition) is 1. The Morgan fingerprint density at radius 2 is 2.12 bits per heavy atom. The lowest BCUT2D eigenvalue weighted by molar-refractivity contribution is -0.147. The lowest BCUT2D eigenvalue weighted by atomic mass is 10.1. The van der Waals surface area contributed by atoms with Crippen molar-refractivity contribution in [3.8, 4) is 0 Å². The second kappa shape index (κ2) is 4.75. The van der Waals surface area contributed by atoms with Crippen molar-refractivity contribution in [2.45, 2.75) is 24.9 Å². The number of carbonyl (C=O) groups is 2. The third kappa shape index (κ3) is 2.42. The number of amides is 1. The molecule has 1 aliphatic carbocycles. The third-order valence-corrected chi connectivity index (χ3v) is 3.17. The molecule has 5 heteroatoms. The maximum atomic E-state index is 11.3. The zero-order valence-corrected chi connectivity index (χ0v) is 9.80. The molecule has 0 radical (unpaired) electrons. The van der Waals surface area contributed by atoms with Crippen molar-refractivity contribution in [1.82, 2.24) is 4.90 Å². The molecule has 1 fully saturated rings. The predicted octanol–water partition coefficient (Wildman–Crippen LogP) is 2.09. The fourth-order valence-corrected chi connectivity index (χ4v) is 2.09. The van der Waals surface area contributed by atoms with Gasteiger partial charge in [0.1, 0.15) is 0 Å². The van der Waals surface area contributed by atoms with Gasteiger partial charge in [-0.3, -0.25) is 4.79 Å². The van der Waals surface area contributed by atoms with Crippen molar-refractivity contribution in [2.75, 3.05) is 0 Å². The molecule has 4 nitrogen and oxygen atoms in total. The first-order valence-corrected chi connectivity index (χ1v) is 5.73. The molecule has 1 unspecified atom stereocenters. The lowest BCUT2D eigenvalue weighted by Gasteiger charge is -2.25. The monoisotopic (exact) mass is 253 g/mol. The summed E-state index contributed by atoms with van der Waals surface area (Å²) in [5.74, 6) is -1.06. The van der Waals surface area contributed by atoms with Crippen LogP contribution in [0, 0.1) is 0 Å². The molecular weight excluding hydrogens is 242 g/mol. The van der Waals surface area contributed by atoms with Crippen molar-refractivity contribution in [2.24, 2.45) is 0 Å². The highest BCUT2D eigenvalue weighted by Crippen LogP contribution is 2.35. The van der Waals surface area contributed by atoms with Gasteiger partial charge in [0.25, 0.3) is 0 Å². The Morgan fingerprint density at radius 3 is 2.59 bits per heavy atom. The Kier molecular flexibility index (Phi) is 3.33. The Morgan fingerprint density at radius 1 is 1.47 bits per heavy atom. The van der Waals surface area contributed by atoms with Crippen LogP contribution in [-0.2, 0) is 9.59 Å². The van der Waals surface area contributed by atoms with Gasteiger partial charge in [0.05, 0.1) is 0 Å². The molecule has 1 saturated carbocycles. The van der Waals surface area contributed by atoms with E-state index < -0.39 is 12.0 Å². The topological polar surface area (TPSA) is 57.6 Å². The molecule has 1 aromatic carbocycles. The van der Waals surface area contributed by atoms with E-state index in [-0.39, 0.29) is 6.04 Å². The van der Waals surface area contributed by atoms with Crippen LogP contribution in [0.3, 0.4) is 0 Å². The van der Waals surface area contributed by atoms with Gasteiger partial charge in [-0.2, -0.15) is 0 Å². The second-order valence-electron chi connectivity index (χ2n) is 4.05. The van der Waals surface area contributed by atoms with E-state index in [1.165, 1.54) is 4.90 Å². The summed E-state index contributed by atoms with van der Waals surface area (Å²) in [6, 6.07) is 5.75. The normalized spacial score (nSPS) is 16.3. The average molecular weight is 254 g/mol. The molecule has 0 spiro atoms. The molecule has 0 aliphatic heterocycles. The number of aliphatic carboxylic acids is 1. The van der Waals surface area contributed by atoms with E-state index in [2.05, 4.69) is 0 Å². The van der Waals surface area contributed by atoms with Crippen LogP contribution < -0.4 is 0 Å². The van der Waals surface area contributed by atoms with Crippen LogP contribution >= 0.6 is 11.6 Å². The number of nitrogens with zero attached hydrogens (tertiary/aromatic N) is 1. The van der Waals surface area contributed by atoms with Crippen LogP contribution in [0.5, 0.6) is 0 Å². The number of hydrogen-bond acceptors (Lipinski definition) is 2. The maximum absolute atomic E-state index is 11.3. The minimum Gasteiger partial charge on any atom is -0.479 e. The van der Waals surface area contributed by atoms with E-state index in [0.29, 0.717) is 17.0 Å². The number of carbonyl (C=O) groups excluding carboxylic acids is 1. The minimum atomic E-state index is -1.06. The molecule has 1 aliphatic rings. The first-order valence-electron chi connectivity index (χ1n) is 5.35. The first-order chi connectivity index (χ1) is 8.15. The first kappa shape index (κ1) is 11.9. The Bertz CT molecular complexity index is 445. The summed E-state index contributed by atoms with van der Waals surface area (Å²) in [5, 5.41) is 9.64. The predicted molar refractivity (Wildman–Crippen MR) is 62.8 cm³/mol. The maximum Gasteiger partial charge on any atom is 0.331 e. The standard InChI is InChI=1S/C12H12ClNO3/c13-10-4-2-1-3-9(10)11(12(16)17)14(7-15)8-5-6-8/h1-4,7-8,11H,5-6H2,(H,16,17). The van der Waals surface area contributed by atoms with Gasteiger partial charge in [-0.1, -0.05) is 29.8 Å². The van der Waals surface area contributed by atoms with Crippen LogP contribution in [0.4, 0.5) is 0 Å². The van der Waals surface area contributed by atoms with E-state index in [1.807, 2.05) is 0 Å². The van der Waals surface area contributed by atoms with Crippen LogP contribution in [0.25, 0.3) is 0 Å². The van der Waals surface area contributed by atoms with Crippen LogP contribution in [-0.4, -0.2) is 28.4 Å². The summed E-state index contributed by atoms with van der Waals surface area (Å²) in [6.07, 6.45) is 2.31. The number of rotatable bonds is 5. The van der Waals surface area contributed by atoms with Gasteiger partial charge in [-0.05, 0) is 18.9 Å². The SMILES string of the molecule is O=CN(C1CC1)C(C(=O)O)c1ccccc1Cl. The van der Waals surface area contributed by atoms with E-state index in [0.717, 1.165) is 12.8 Å². The summed E-state index contributed by atoms with van der Waals surface area (Å²) in [6.45, 7) is 0. The molecule has 0 bridgehead atoms. The quantitative estimate of drug-likeness (QED) is 0.818. The van der Waals surface area contributed by atoms with E-state index >= 15 is 0 Å². The number of carboxylic acid groups (broad SMARTS) is 1. The molecule has 1 amide bonds.